The van der Waals surface area contributed by atoms with E-state index < -0.39 is 45.1 Å². The number of piperidine rings is 1. The number of carbonyl (C=O) groups is 1. The molecule has 1 saturated carbocycles. The molecule has 0 spiro atoms. The summed E-state index contributed by atoms with van der Waals surface area (Å²) in [5, 5.41) is 0.272. The number of halogens is 6. The molecule has 1 N–H and O–H groups in total. The molecule has 1 amide bonds. The summed E-state index contributed by atoms with van der Waals surface area (Å²) in [5.41, 5.74) is -1.30. The van der Waals surface area contributed by atoms with Crippen LogP contribution >= 0.6 is 11.6 Å². The minimum absolute atomic E-state index is 0.00473. The number of benzene rings is 1. The third kappa shape index (κ3) is 7.26. The molecule has 0 aromatic heterocycles. The molecule has 6 nitrogen and oxygen atoms in total. The zero-order valence-corrected chi connectivity index (χ0v) is 22.2. The number of hydrogen-bond acceptors (Lipinski definition) is 5. The second-order valence-electron chi connectivity index (χ2n) is 10.2. The Balaban J connectivity index is 1.38. The van der Waals surface area contributed by atoms with Crippen LogP contribution in [0.1, 0.15) is 53.9 Å². The number of carbonyl (C=O) groups excluding carboxylic acids is 1. The fourth-order valence-corrected chi connectivity index (χ4v) is 5.28. The lowest BCUT2D eigenvalue weighted by Gasteiger charge is -2.37. The molecule has 210 valence electrons. The first-order valence-corrected chi connectivity index (χ1v) is 14.4. The van der Waals surface area contributed by atoms with Crippen molar-refractivity contribution in [3.63, 3.8) is 0 Å². The SMILES string of the molecule is CS(=O)(=O)NC(=O)c1cc(C2CC2)c(OCC2(F)CCN(CC3=CC(C(F)(F)F)CC=C3Cl)CC2)cc1F. The van der Waals surface area contributed by atoms with E-state index in [1.807, 2.05) is 4.90 Å². The molecule has 0 radical (unpaired) electrons. The summed E-state index contributed by atoms with van der Waals surface area (Å²) in [4.78, 5) is 14.0. The van der Waals surface area contributed by atoms with E-state index >= 15 is 4.39 Å². The fraction of sp³-hybridized carbons (Fsp3) is 0.560. The maximum atomic E-state index is 15.6. The van der Waals surface area contributed by atoms with Gasteiger partial charge in [0.1, 0.15) is 23.8 Å². The lowest BCUT2D eigenvalue weighted by atomic mass is 9.92. The van der Waals surface area contributed by atoms with E-state index in [0.717, 1.165) is 31.2 Å². The molecular formula is C25H28ClF5N2O4S. The quantitative estimate of drug-likeness (QED) is 0.426. The monoisotopic (exact) mass is 582 g/mol. The molecule has 1 aromatic carbocycles. The normalized spacial score (nSPS) is 22.4. The summed E-state index contributed by atoms with van der Waals surface area (Å²) in [7, 11) is -3.89. The number of likely N-dealkylation sites (tertiary alicyclic amines) is 1. The van der Waals surface area contributed by atoms with E-state index in [0.29, 0.717) is 11.1 Å². The topological polar surface area (TPSA) is 75.7 Å². The number of nitrogens with one attached hydrogen (secondary N) is 1. The van der Waals surface area contributed by atoms with Crippen LogP contribution in [0.3, 0.4) is 0 Å². The summed E-state index contributed by atoms with van der Waals surface area (Å²) < 4.78 is 99.8. The zero-order chi connectivity index (χ0) is 27.9. The lowest BCUT2D eigenvalue weighted by molar-refractivity contribution is -0.160. The second-order valence-corrected chi connectivity index (χ2v) is 12.3. The molecule has 1 unspecified atom stereocenters. The summed E-state index contributed by atoms with van der Waals surface area (Å²) in [6.07, 6.45) is 0.367. The Hall–Kier alpha value is -2.18. The highest BCUT2D eigenvalue weighted by atomic mass is 35.5. The number of ether oxygens (including phenoxy) is 1. The van der Waals surface area contributed by atoms with Crippen molar-refractivity contribution >= 4 is 27.5 Å². The Labute approximate surface area is 222 Å². The minimum Gasteiger partial charge on any atom is -0.490 e. The molecule has 1 heterocycles. The van der Waals surface area contributed by atoms with Crippen molar-refractivity contribution in [2.45, 2.75) is 49.9 Å². The van der Waals surface area contributed by atoms with Gasteiger partial charge in [-0.05, 0) is 55.2 Å². The van der Waals surface area contributed by atoms with Crippen LogP contribution in [0.15, 0.2) is 34.9 Å². The summed E-state index contributed by atoms with van der Waals surface area (Å²) in [5.74, 6) is -3.59. The van der Waals surface area contributed by atoms with Crippen LogP contribution in [0.5, 0.6) is 5.75 Å². The van der Waals surface area contributed by atoms with E-state index in [1.54, 1.807) is 4.72 Å². The van der Waals surface area contributed by atoms with Gasteiger partial charge in [-0.2, -0.15) is 13.2 Å². The Kier molecular flexibility index (Phi) is 8.17. The van der Waals surface area contributed by atoms with Crippen molar-refractivity contribution in [1.82, 2.24) is 9.62 Å². The predicted octanol–water partition coefficient (Wildman–Crippen LogP) is 5.21. The van der Waals surface area contributed by atoms with Crippen LogP contribution in [-0.4, -0.2) is 63.6 Å². The molecule has 1 atom stereocenters. The van der Waals surface area contributed by atoms with Gasteiger partial charge in [-0.1, -0.05) is 23.8 Å². The number of sulfonamides is 1. The van der Waals surface area contributed by atoms with E-state index in [2.05, 4.69) is 0 Å². The van der Waals surface area contributed by atoms with Crippen molar-refractivity contribution in [1.29, 1.82) is 0 Å². The highest BCUT2D eigenvalue weighted by Gasteiger charge is 2.40. The average Bonchev–Trinajstić information content (AvgIpc) is 3.64. The number of amides is 1. The van der Waals surface area contributed by atoms with Gasteiger partial charge in [0.05, 0.1) is 17.7 Å². The standard InChI is InChI=1S/C25H28ClF5N2O4S/c1-38(35,36)32-23(34)19-11-18(15-2-3-15)22(12-21(19)27)37-14-24(28)6-8-33(9-7-24)13-16-10-17(25(29,30)31)4-5-20(16)26/h5,10-12,15,17H,2-4,6-9,13-14H2,1H3,(H,32,34). The molecule has 2 fully saturated rings. The van der Waals surface area contributed by atoms with Crippen LogP contribution in [0, 0.1) is 11.7 Å². The number of rotatable bonds is 8. The summed E-state index contributed by atoms with van der Waals surface area (Å²) in [6.45, 7) is 0.347. The molecule has 4 rings (SSSR count). The van der Waals surface area contributed by atoms with Gasteiger partial charge in [-0.3, -0.25) is 9.69 Å². The maximum absolute atomic E-state index is 15.6. The van der Waals surface area contributed by atoms with E-state index in [-0.39, 0.29) is 62.2 Å². The Bertz CT molecular complexity index is 1250. The van der Waals surface area contributed by atoms with Gasteiger partial charge in [0.25, 0.3) is 5.91 Å². The van der Waals surface area contributed by atoms with E-state index in [1.165, 1.54) is 12.1 Å². The van der Waals surface area contributed by atoms with Crippen LogP contribution in [-0.2, 0) is 10.0 Å². The fourth-order valence-electron chi connectivity index (χ4n) is 4.62. The van der Waals surface area contributed by atoms with Gasteiger partial charge in [0, 0.05) is 30.7 Å². The molecule has 2 aliphatic carbocycles. The van der Waals surface area contributed by atoms with Crippen LogP contribution in [0.2, 0.25) is 0 Å². The van der Waals surface area contributed by atoms with Gasteiger partial charge < -0.3 is 4.74 Å². The van der Waals surface area contributed by atoms with Crippen LogP contribution < -0.4 is 9.46 Å². The first-order valence-electron chi connectivity index (χ1n) is 12.2. The molecule has 1 saturated heterocycles. The molecule has 38 heavy (non-hydrogen) atoms. The summed E-state index contributed by atoms with van der Waals surface area (Å²) in [6, 6.07) is 2.23. The maximum Gasteiger partial charge on any atom is 0.395 e. The van der Waals surface area contributed by atoms with Crippen molar-refractivity contribution in [3.8, 4) is 5.75 Å². The number of nitrogens with zero attached hydrogens (tertiary/aromatic N) is 1. The van der Waals surface area contributed by atoms with Crippen molar-refractivity contribution in [2.24, 2.45) is 5.92 Å². The molecule has 3 aliphatic rings. The molecule has 0 bridgehead atoms. The van der Waals surface area contributed by atoms with Gasteiger partial charge in [0.2, 0.25) is 10.0 Å². The van der Waals surface area contributed by atoms with Crippen molar-refractivity contribution in [3.05, 3.63) is 51.8 Å². The highest BCUT2D eigenvalue weighted by Crippen LogP contribution is 2.45. The second kappa shape index (κ2) is 10.8. The van der Waals surface area contributed by atoms with E-state index in [4.69, 9.17) is 16.3 Å². The average molecular weight is 583 g/mol. The Morgan fingerprint density at radius 1 is 1.24 bits per heavy atom. The molecule has 1 aliphatic heterocycles. The Morgan fingerprint density at radius 3 is 2.47 bits per heavy atom. The summed E-state index contributed by atoms with van der Waals surface area (Å²) >= 11 is 6.13. The Morgan fingerprint density at radius 2 is 1.89 bits per heavy atom. The van der Waals surface area contributed by atoms with Gasteiger partial charge >= 0.3 is 6.18 Å². The lowest BCUT2D eigenvalue weighted by Crippen LogP contribution is -2.45. The van der Waals surface area contributed by atoms with Crippen molar-refractivity contribution < 1.29 is 39.9 Å². The predicted molar refractivity (Wildman–Crippen MR) is 132 cm³/mol. The number of allylic oxidation sites excluding steroid dienone is 2. The molecule has 1 aromatic rings. The third-order valence-electron chi connectivity index (χ3n) is 6.95. The first kappa shape index (κ1) is 28.8. The van der Waals surface area contributed by atoms with Gasteiger partial charge in [0.15, 0.2) is 0 Å². The largest absolute Gasteiger partial charge is 0.490 e. The minimum atomic E-state index is -4.36. The first-order chi connectivity index (χ1) is 17.6. The van der Waals surface area contributed by atoms with Gasteiger partial charge in [-0.25, -0.2) is 21.9 Å². The van der Waals surface area contributed by atoms with E-state index in [9.17, 15) is 30.8 Å². The van der Waals surface area contributed by atoms with Crippen LogP contribution in [0.25, 0.3) is 0 Å². The molecule has 13 heteroatoms. The van der Waals surface area contributed by atoms with Crippen molar-refractivity contribution in [2.75, 3.05) is 32.5 Å². The number of hydrogen-bond donors (Lipinski definition) is 1. The smallest absolute Gasteiger partial charge is 0.395 e. The van der Waals surface area contributed by atoms with Crippen LogP contribution in [0.4, 0.5) is 22.0 Å². The molecular weight excluding hydrogens is 555 g/mol. The number of alkyl halides is 4. The van der Waals surface area contributed by atoms with Gasteiger partial charge in [-0.15, -0.1) is 0 Å². The third-order valence-corrected chi connectivity index (χ3v) is 7.91. The zero-order valence-electron chi connectivity index (χ0n) is 20.6. The highest BCUT2D eigenvalue weighted by molar-refractivity contribution is 7.89.